The molecule has 3 N–H and O–H groups in total. The van der Waals surface area contributed by atoms with Crippen molar-refractivity contribution in [3.63, 3.8) is 0 Å². The second-order valence-electron chi connectivity index (χ2n) is 4.20. The Morgan fingerprint density at radius 3 is 2.82 bits per heavy atom. The van der Waals surface area contributed by atoms with Crippen molar-refractivity contribution < 1.29 is 4.79 Å². The van der Waals surface area contributed by atoms with Gasteiger partial charge in [-0.1, -0.05) is 29.3 Å². The number of amides is 1. The van der Waals surface area contributed by atoms with Crippen LogP contribution < -0.4 is 11.1 Å². The summed E-state index contributed by atoms with van der Waals surface area (Å²) in [5.41, 5.74) is 6.41. The van der Waals surface area contributed by atoms with Gasteiger partial charge in [-0.3, -0.25) is 4.79 Å². The summed E-state index contributed by atoms with van der Waals surface area (Å²) < 4.78 is 0. The van der Waals surface area contributed by atoms with Crippen molar-refractivity contribution in [3.8, 4) is 0 Å². The third-order valence-electron chi connectivity index (χ3n) is 2.94. The van der Waals surface area contributed by atoms with E-state index in [0.29, 0.717) is 23.1 Å². The Morgan fingerprint density at radius 1 is 1.41 bits per heavy atom. The van der Waals surface area contributed by atoms with Gasteiger partial charge in [0.1, 0.15) is 0 Å². The van der Waals surface area contributed by atoms with Crippen LogP contribution in [0.15, 0.2) is 18.2 Å². The summed E-state index contributed by atoms with van der Waals surface area (Å²) >= 11 is 11.8. The molecule has 1 aromatic carbocycles. The van der Waals surface area contributed by atoms with Crippen LogP contribution in [0.2, 0.25) is 10.0 Å². The standard InChI is InChI=1S/C12H14Cl2N2O/c13-10-2-1-7(5-11(10)14)8-6-9(8)12(17)16-4-3-15/h1-2,5,8-9H,3-4,6,15H2,(H,16,17). The highest BCUT2D eigenvalue weighted by molar-refractivity contribution is 6.42. The van der Waals surface area contributed by atoms with E-state index in [1.165, 1.54) is 0 Å². The summed E-state index contributed by atoms with van der Waals surface area (Å²) in [4.78, 5) is 11.7. The van der Waals surface area contributed by atoms with Gasteiger partial charge in [-0.15, -0.1) is 0 Å². The van der Waals surface area contributed by atoms with Crippen molar-refractivity contribution in [2.24, 2.45) is 11.7 Å². The van der Waals surface area contributed by atoms with Gasteiger partial charge in [-0.2, -0.15) is 0 Å². The van der Waals surface area contributed by atoms with Crippen molar-refractivity contribution in [1.29, 1.82) is 0 Å². The lowest BCUT2D eigenvalue weighted by Gasteiger charge is -2.04. The van der Waals surface area contributed by atoms with Crippen LogP contribution in [-0.2, 0) is 4.79 Å². The molecular weight excluding hydrogens is 259 g/mol. The molecule has 0 aromatic heterocycles. The number of carbonyl (C=O) groups excluding carboxylic acids is 1. The Hall–Kier alpha value is -0.770. The van der Waals surface area contributed by atoms with Crippen LogP contribution in [0.25, 0.3) is 0 Å². The number of halogens is 2. The lowest BCUT2D eigenvalue weighted by molar-refractivity contribution is -0.122. The van der Waals surface area contributed by atoms with Crippen molar-refractivity contribution in [3.05, 3.63) is 33.8 Å². The maximum Gasteiger partial charge on any atom is 0.223 e. The minimum Gasteiger partial charge on any atom is -0.355 e. The summed E-state index contributed by atoms with van der Waals surface area (Å²) in [7, 11) is 0. The lowest BCUT2D eigenvalue weighted by Crippen LogP contribution is -2.30. The fraction of sp³-hybridized carbons (Fsp3) is 0.417. The Kier molecular flexibility index (Phi) is 3.92. The molecule has 1 saturated carbocycles. The smallest absolute Gasteiger partial charge is 0.223 e. The van der Waals surface area contributed by atoms with Gasteiger partial charge in [-0.25, -0.2) is 0 Å². The molecule has 0 spiro atoms. The fourth-order valence-electron chi connectivity index (χ4n) is 1.92. The molecule has 0 bridgehead atoms. The zero-order valence-corrected chi connectivity index (χ0v) is 10.8. The molecule has 0 aliphatic heterocycles. The fourth-order valence-corrected chi connectivity index (χ4v) is 2.23. The van der Waals surface area contributed by atoms with E-state index in [4.69, 9.17) is 28.9 Å². The summed E-state index contributed by atoms with van der Waals surface area (Å²) in [6.07, 6.45) is 0.869. The molecule has 2 rings (SSSR count). The van der Waals surface area contributed by atoms with Crippen molar-refractivity contribution >= 4 is 29.1 Å². The first-order valence-electron chi connectivity index (χ1n) is 5.56. The highest BCUT2D eigenvalue weighted by Gasteiger charge is 2.43. The van der Waals surface area contributed by atoms with Crippen LogP contribution in [-0.4, -0.2) is 19.0 Å². The molecule has 1 aliphatic carbocycles. The number of hydrogen-bond donors (Lipinski definition) is 2. The van der Waals surface area contributed by atoms with Crippen molar-refractivity contribution in [2.75, 3.05) is 13.1 Å². The van der Waals surface area contributed by atoms with Crippen LogP contribution in [0.5, 0.6) is 0 Å². The monoisotopic (exact) mass is 272 g/mol. The SMILES string of the molecule is NCCNC(=O)C1CC1c1ccc(Cl)c(Cl)c1. The topological polar surface area (TPSA) is 55.1 Å². The van der Waals surface area contributed by atoms with Crippen LogP contribution in [0.3, 0.4) is 0 Å². The normalized spacial score (nSPS) is 22.3. The second-order valence-corrected chi connectivity index (χ2v) is 5.02. The van der Waals surface area contributed by atoms with Gasteiger partial charge in [0.05, 0.1) is 10.0 Å². The van der Waals surface area contributed by atoms with Crippen LogP contribution >= 0.6 is 23.2 Å². The van der Waals surface area contributed by atoms with Gasteiger partial charge in [-0.05, 0) is 30.0 Å². The van der Waals surface area contributed by atoms with E-state index >= 15 is 0 Å². The molecule has 3 nitrogen and oxygen atoms in total. The van der Waals surface area contributed by atoms with E-state index in [2.05, 4.69) is 5.32 Å². The molecule has 1 amide bonds. The van der Waals surface area contributed by atoms with E-state index < -0.39 is 0 Å². The molecule has 0 heterocycles. The molecule has 2 atom stereocenters. The Bertz CT molecular complexity index is 437. The first-order valence-corrected chi connectivity index (χ1v) is 6.32. The highest BCUT2D eigenvalue weighted by Crippen LogP contribution is 2.48. The van der Waals surface area contributed by atoms with E-state index in [0.717, 1.165) is 12.0 Å². The van der Waals surface area contributed by atoms with Crippen LogP contribution in [0.4, 0.5) is 0 Å². The Balaban J connectivity index is 1.98. The maximum atomic E-state index is 11.7. The molecule has 1 aromatic rings. The molecule has 17 heavy (non-hydrogen) atoms. The first-order chi connectivity index (χ1) is 8.13. The first kappa shape index (κ1) is 12.7. The predicted octanol–water partition coefficient (Wildman–Crippen LogP) is 2.17. The molecule has 1 aliphatic rings. The molecule has 0 saturated heterocycles. The summed E-state index contributed by atoms with van der Waals surface area (Å²) in [5.74, 6) is 0.396. The maximum absolute atomic E-state index is 11.7. The zero-order chi connectivity index (χ0) is 12.4. The predicted molar refractivity (Wildman–Crippen MR) is 69.4 cm³/mol. The van der Waals surface area contributed by atoms with Crippen LogP contribution in [0, 0.1) is 5.92 Å². The average molecular weight is 273 g/mol. The number of nitrogens with two attached hydrogens (primary N) is 1. The summed E-state index contributed by atoms with van der Waals surface area (Å²) in [6, 6.07) is 5.53. The highest BCUT2D eigenvalue weighted by atomic mass is 35.5. The van der Waals surface area contributed by atoms with Crippen molar-refractivity contribution in [1.82, 2.24) is 5.32 Å². The zero-order valence-electron chi connectivity index (χ0n) is 9.25. The van der Waals surface area contributed by atoms with E-state index in [-0.39, 0.29) is 17.7 Å². The number of carbonyl (C=O) groups is 1. The van der Waals surface area contributed by atoms with Crippen molar-refractivity contribution in [2.45, 2.75) is 12.3 Å². The minimum absolute atomic E-state index is 0.0544. The van der Waals surface area contributed by atoms with Gasteiger partial charge in [0, 0.05) is 19.0 Å². The van der Waals surface area contributed by atoms with Gasteiger partial charge in [0.25, 0.3) is 0 Å². The molecule has 2 unspecified atom stereocenters. The van der Waals surface area contributed by atoms with Gasteiger partial charge in [0.15, 0.2) is 0 Å². The van der Waals surface area contributed by atoms with Gasteiger partial charge in [0.2, 0.25) is 5.91 Å². The number of benzene rings is 1. The largest absolute Gasteiger partial charge is 0.355 e. The van der Waals surface area contributed by atoms with Crippen LogP contribution in [0.1, 0.15) is 17.9 Å². The molecule has 0 radical (unpaired) electrons. The molecule has 92 valence electrons. The third-order valence-corrected chi connectivity index (χ3v) is 3.68. The molecule has 1 fully saturated rings. The van der Waals surface area contributed by atoms with E-state index in [9.17, 15) is 4.79 Å². The van der Waals surface area contributed by atoms with E-state index in [1.807, 2.05) is 12.1 Å². The Labute approximate surface area is 110 Å². The van der Waals surface area contributed by atoms with E-state index in [1.54, 1.807) is 6.07 Å². The summed E-state index contributed by atoms with van der Waals surface area (Å²) in [5, 5.41) is 3.88. The minimum atomic E-state index is 0.0544. The van der Waals surface area contributed by atoms with Gasteiger partial charge >= 0.3 is 0 Å². The second kappa shape index (κ2) is 5.25. The lowest BCUT2D eigenvalue weighted by atomic mass is 10.1. The molecular formula is C12H14Cl2N2O. The molecule has 5 heteroatoms. The third kappa shape index (κ3) is 2.92. The Morgan fingerprint density at radius 2 is 2.18 bits per heavy atom. The number of hydrogen-bond acceptors (Lipinski definition) is 2. The average Bonchev–Trinajstić information content (AvgIpc) is 3.09. The quantitative estimate of drug-likeness (QED) is 0.883. The van der Waals surface area contributed by atoms with Gasteiger partial charge < -0.3 is 11.1 Å². The summed E-state index contributed by atoms with van der Waals surface area (Å²) in [6.45, 7) is 0.999. The number of nitrogens with one attached hydrogen (secondary N) is 1. The number of rotatable bonds is 4.